The van der Waals surface area contributed by atoms with E-state index in [1.54, 1.807) is 0 Å². The van der Waals surface area contributed by atoms with Gasteiger partial charge in [0.1, 0.15) is 6.61 Å². The van der Waals surface area contributed by atoms with Gasteiger partial charge in [0.25, 0.3) is 0 Å². The molecule has 2 N–H and O–H groups in total. The Bertz CT molecular complexity index is 1190. The average Bonchev–Trinajstić information content (AvgIpc) is 3.14. The van der Waals surface area contributed by atoms with Crippen molar-refractivity contribution in [3.05, 3.63) is 97.2 Å². The number of ether oxygens (including phenoxy) is 2. The zero-order chi connectivity index (χ0) is 39.6. The predicted molar refractivity (Wildman–Crippen MR) is 225 cm³/mol. The largest absolute Gasteiger partial charge is 0.469 e. The zero-order valence-corrected chi connectivity index (χ0v) is 34.5. The molecular formula is C45H73O8P. The van der Waals surface area contributed by atoms with Gasteiger partial charge < -0.3 is 19.3 Å². The molecule has 0 heterocycles. The Hall–Kier alpha value is -3.03. The SMILES string of the molecule is CCCCC/C=C/C/C=C/C/C=C/C/C=C/CCCCCC(=O)OC[C@H](COP(=O)(O)O)OC(=O)CCC/C=C/C/C=C/C/C=C/C/C=C/CCCCC. The molecule has 0 unspecified atom stereocenters. The summed E-state index contributed by atoms with van der Waals surface area (Å²) in [4.78, 5) is 42.8. The van der Waals surface area contributed by atoms with E-state index in [2.05, 4.69) is 103 Å². The van der Waals surface area contributed by atoms with Crippen LogP contribution in [0.2, 0.25) is 0 Å². The minimum Gasteiger partial charge on any atom is -0.462 e. The maximum atomic E-state index is 12.4. The summed E-state index contributed by atoms with van der Waals surface area (Å²) in [7, 11) is -4.78. The normalized spacial score (nSPS) is 13.5. The molecule has 0 fully saturated rings. The van der Waals surface area contributed by atoms with Crippen LogP contribution in [0.15, 0.2) is 97.2 Å². The van der Waals surface area contributed by atoms with E-state index in [1.807, 2.05) is 12.2 Å². The summed E-state index contributed by atoms with van der Waals surface area (Å²) in [6.07, 6.45) is 54.1. The van der Waals surface area contributed by atoms with Crippen molar-refractivity contribution in [1.29, 1.82) is 0 Å². The van der Waals surface area contributed by atoms with Gasteiger partial charge in [0.05, 0.1) is 6.61 Å². The monoisotopic (exact) mass is 773 g/mol. The first-order chi connectivity index (χ1) is 26.3. The summed E-state index contributed by atoms with van der Waals surface area (Å²) in [6, 6.07) is 0. The molecule has 0 saturated carbocycles. The van der Waals surface area contributed by atoms with Crippen LogP contribution >= 0.6 is 7.82 Å². The quantitative estimate of drug-likeness (QED) is 0.0280. The van der Waals surface area contributed by atoms with Crippen LogP contribution in [0, 0.1) is 0 Å². The van der Waals surface area contributed by atoms with Crippen molar-refractivity contribution >= 4 is 19.8 Å². The highest BCUT2D eigenvalue weighted by atomic mass is 31.2. The third-order valence-electron chi connectivity index (χ3n) is 8.08. The number of carbonyl (C=O) groups excluding carboxylic acids is 2. The Morgan fingerprint density at radius 3 is 1.26 bits per heavy atom. The van der Waals surface area contributed by atoms with E-state index >= 15 is 0 Å². The van der Waals surface area contributed by atoms with Crippen LogP contribution < -0.4 is 0 Å². The highest BCUT2D eigenvalue weighted by Crippen LogP contribution is 2.36. The fraction of sp³-hybridized carbons (Fsp3) is 0.600. The summed E-state index contributed by atoms with van der Waals surface area (Å²) in [5, 5.41) is 0. The van der Waals surface area contributed by atoms with Crippen LogP contribution in [-0.2, 0) is 28.2 Å². The van der Waals surface area contributed by atoms with Crippen LogP contribution in [-0.4, -0.2) is 41.0 Å². The lowest BCUT2D eigenvalue weighted by Gasteiger charge is -2.18. The molecule has 0 aliphatic heterocycles. The number of hydrogen-bond donors (Lipinski definition) is 2. The maximum Gasteiger partial charge on any atom is 0.469 e. The number of rotatable bonds is 36. The first-order valence-corrected chi connectivity index (χ1v) is 22.1. The zero-order valence-electron chi connectivity index (χ0n) is 33.6. The Labute approximate surface area is 328 Å². The van der Waals surface area contributed by atoms with Gasteiger partial charge in [0.2, 0.25) is 0 Å². The van der Waals surface area contributed by atoms with E-state index in [9.17, 15) is 14.2 Å². The molecule has 1 atom stereocenters. The van der Waals surface area contributed by atoms with Gasteiger partial charge in [-0.2, -0.15) is 0 Å². The average molecular weight is 773 g/mol. The van der Waals surface area contributed by atoms with Crippen molar-refractivity contribution < 1.29 is 37.9 Å². The summed E-state index contributed by atoms with van der Waals surface area (Å²) in [6.45, 7) is 3.54. The first-order valence-electron chi connectivity index (χ1n) is 20.5. The third-order valence-corrected chi connectivity index (χ3v) is 8.56. The molecule has 8 nitrogen and oxygen atoms in total. The van der Waals surface area contributed by atoms with E-state index in [-0.39, 0.29) is 19.4 Å². The molecule has 0 aliphatic rings. The van der Waals surface area contributed by atoms with Gasteiger partial charge in [0, 0.05) is 12.8 Å². The van der Waals surface area contributed by atoms with Crippen LogP contribution in [0.25, 0.3) is 0 Å². The van der Waals surface area contributed by atoms with E-state index in [0.717, 1.165) is 64.2 Å². The molecule has 0 radical (unpaired) electrons. The fourth-order valence-corrected chi connectivity index (χ4v) is 5.35. The molecular weight excluding hydrogens is 699 g/mol. The number of allylic oxidation sites excluding steroid dienone is 16. The van der Waals surface area contributed by atoms with Gasteiger partial charge in [-0.3, -0.25) is 14.1 Å². The summed E-state index contributed by atoms with van der Waals surface area (Å²) >= 11 is 0. The van der Waals surface area contributed by atoms with Gasteiger partial charge >= 0.3 is 19.8 Å². The van der Waals surface area contributed by atoms with E-state index in [0.29, 0.717) is 19.3 Å². The second-order valence-corrected chi connectivity index (χ2v) is 14.5. The van der Waals surface area contributed by atoms with Crippen molar-refractivity contribution in [3.63, 3.8) is 0 Å². The summed E-state index contributed by atoms with van der Waals surface area (Å²) in [5.74, 6) is -0.997. The highest BCUT2D eigenvalue weighted by Gasteiger charge is 2.22. The van der Waals surface area contributed by atoms with E-state index < -0.39 is 32.5 Å². The van der Waals surface area contributed by atoms with Crippen molar-refractivity contribution in [2.24, 2.45) is 0 Å². The van der Waals surface area contributed by atoms with Crippen LogP contribution in [0.5, 0.6) is 0 Å². The van der Waals surface area contributed by atoms with Gasteiger partial charge in [-0.15, -0.1) is 0 Å². The Morgan fingerprint density at radius 2 is 0.852 bits per heavy atom. The molecule has 9 heteroatoms. The number of hydrogen-bond acceptors (Lipinski definition) is 6. The molecule has 0 spiro atoms. The number of phosphoric ester groups is 1. The highest BCUT2D eigenvalue weighted by molar-refractivity contribution is 7.46. The van der Waals surface area contributed by atoms with Gasteiger partial charge in [-0.25, -0.2) is 4.57 Å². The molecule has 0 rings (SSSR count). The number of phosphoric acid groups is 1. The molecule has 0 aromatic rings. The molecule has 54 heavy (non-hydrogen) atoms. The van der Waals surface area contributed by atoms with Gasteiger partial charge in [0.15, 0.2) is 6.10 Å². The van der Waals surface area contributed by atoms with E-state index in [4.69, 9.17) is 19.3 Å². The molecule has 0 aromatic heterocycles. The second kappa shape index (κ2) is 39.7. The third kappa shape index (κ3) is 41.7. The van der Waals surface area contributed by atoms with Crippen molar-refractivity contribution in [2.75, 3.05) is 13.2 Å². The number of esters is 2. The fourth-order valence-electron chi connectivity index (χ4n) is 4.99. The lowest BCUT2D eigenvalue weighted by molar-refractivity contribution is -0.161. The molecule has 0 amide bonds. The Morgan fingerprint density at radius 1 is 0.481 bits per heavy atom. The minimum absolute atomic E-state index is 0.123. The van der Waals surface area contributed by atoms with Gasteiger partial charge in [-0.1, -0.05) is 143 Å². The van der Waals surface area contributed by atoms with Crippen molar-refractivity contribution in [3.8, 4) is 0 Å². The van der Waals surface area contributed by atoms with Crippen molar-refractivity contribution in [1.82, 2.24) is 0 Å². The van der Waals surface area contributed by atoms with Crippen LogP contribution in [0.1, 0.15) is 155 Å². The van der Waals surface area contributed by atoms with Gasteiger partial charge in [-0.05, 0) is 96.3 Å². The first kappa shape index (κ1) is 51.0. The van der Waals surface area contributed by atoms with Crippen molar-refractivity contribution in [2.45, 2.75) is 161 Å². The standard InChI is InChI=1S/C45H73O8P/c1-3-5-7-9-11-13-15-17-19-21-22-24-25-27-29-31-33-35-37-39-44(46)51-41-43(42-52-54(48,49)50)53-45(47)40-38-36-34-32-30-28-26-23-20-18-16-14-12-10-8-6-4-2/h11-14,17-20,22,24,26-29,32,34,43H,3-10,15-16,21,23,25,30-31,33,35-42H2,1-2H3,(H2,48,49,50)/b13-11+,14-12+,19-17+,20-18+,24-22+,28-26+,29-27+,34-32+/t43-/m1/s1. The molecule has 0 aliphatic carbocycles. The number of carbonyl (C=O) groups is 2. The predicted octanol–water partition coefficient (Wildman–Crippen LogP) is 12.6. The molecule has 0 aromatic carbocycles. The number of unbranched alkanes of at least 4 members (excludes halogenated alkanes) is 10. The smallest absolute Gasteiger partial charge is 0.462 e. The molecule has 306 valence electrons. The van der Waals surface area contributed by atoms with E-state index in [1.165, 1.54) is 44.9 Å². The minimum atomic E-state index is -4.78. The topological polar surface area (TPSA) is 119 Å². The summed E-state index contributed by atoms with van der Waals surface area (Å²) in [5.41, 5.74) is 0. The molecule has 0 saturated heterocycles. The maximum absolute atomic E-state index is 12.4. The summed E-state index contributed by atoms with van der Waals surface area (Å²) < 4.78 is 26.3. The lowest BCUT2D eigenvalue weighted by atomic mass is 10.1. The Balaban J connectivity index is 4.12. The Kier molecular flexibility index (Phi) is 37.4. The molecule has 0 bridgehead atoms. The lowest BCUT2D eigenvalue weighted by Crippen LogP contribution is -2.29. The van der Waals surface area contributed by atoms with Crippen LogP contribution in [0.4, 0.5) is 0 Å². The second-order valence-electron chi connectivity index (χ2n) is 13.2. The van der Waals surface area contributed by atoms with Crippen LogP contribution in [0.3, 0.4) is 0 Å².